The molecule has 1 rings (SSSR count). The summed E-state index contributed by atoms with van der Waals surface area (Å²) < 4.78 is 75.1. The Bertz CT molecular complexity index is 646. The number of aromatic nitrogens is 1. The minimum atomic E-state index is -4.62. The van der Waals surface area contributed by atoms with Gasteiger partial charge in [-0.25, -0.2) is 4.21 Å². The van der Waals surface area contributed by atoms with E-state index >= 15 is 0 Å². The van der Waals surface area contributed by atoms with Gasteiger partial charge in [0, 0.05) is 22.9 Å². The largest absolute Gasteiger partial charge is 0.433 e. The van der Waals surface area contributed by atoms with E-state index in [1.165, 1.54) is 6.92 Å². The Morgan fingerprint density at radius 2 is 1.90 bits per heavy atom. The van der Waals surface area contributed by atoms with Crippen LogP contribution in [-0.4, -0.2) is 32.6 Å². The summed E-state index contributed by atoms with van der Waals surface area (Å²) in [6.07, 6.45) is -6.15. The van der Waals surface area contributed by atoms with Crippen molar-refractivity contribution in [2.24, 2.45) is 0 Å². The molecule has 0 saturated carbocycles. The monoisotopic (exact) mass is 330 g/mol. The van der Waals surface area contributed by atoms with Gasteiger partial charge in [0.1, 0.15) is 5.69 Å². The van der Waals surface area contributed by atoms with Crippen LogP contribution in [0.4, 0.5) is 22.0 Å². The number of hydrogen-bond acceptors (Lipinski definition) is 3. The number of nitrogens with one attached hydrogen (secondary N) is 1. The summed E-state index contributed by atoms with van der Waals surface area (Å²) in [5, 5.41) is 0. The smallest absolute Gasteiger partial charge is 0.278 e. The number of alkyl halides is 5. The van der Waals surface area contributed by atoms with Gasteiger partial charge >= 0.3 is 12.6 Å². The number of pyridine rings is 1. The maximum absolute atomic E-state index is 12.3. The lowest BCUT2D eigenvalue weighted by Crippen LogP contribution is -2.37. The average Bonchev–Trinajstić information content (AvgIpc) is 2.36. The molecule has 4 nitrogen and oxygen atoms in total. The van der Waals surface area contributed by atoms with E-state index in [0.717, 1.165) is 18.5 Å². The molecule has 21 heavy (non-hydrogen) atoms. The van der Waals surface area contributed by atoms with Crippen molar-refractivity contribution in [3.05, 3.63) is 29.6 Å². The Labute approximate surface area is 117 Å². The second kappa shape index (κ2) is 5.96. The first-order chi connectivity index (χ1) is 9.45. The van der Waals surface area contributed by atoms with Crippen LogP contribution in [0.25, 0.3) is 0 Å². The van der Waals surface area contributed by atoms with E-state index in [0.29, 0.717) is 6.07 Å². The zero-order valence-corrected chi connectivity index (χ0v) is 11.7. The first-order valence-electron chi connectivity index (χ1n) is 5.41. The first-order valence-corrected chi connectivity index (χ1v) is 7.38. The normalized spacial score (nSPS) is 14.7. The number of hydrogen-bond donors (Lipinski definition) is 1. The molecule has 1 N–H and O–H groups in total. The van der Waals surface area contributed by atoms with Crippen molar-refractivity contribution >= 4 is 20.5 Å². The van der Waals surface area contributed by atoms with E-state index < -0.39 is 33.9 Å². The van der Waals surface area contributed by atoms with Gasteiger partial charge in [-0.15, -0.1) is 0 Å². The molecule has 0 aliphatic carbocycles. The summed E-state index contributed by atoms with van der Waals surface area (Å²) >= 11 is 0. The van der Waals surface area contributed by atoms with Crippen molar-refractivity contribution in [1.82, 2.24) is 9.71 Å². The third kappa shape index (κ3) is 4.38. The van der Waals surface area contributed by atoms with Crippen LogP contribution < -0.4 is 4.72 Å². The Hall–Kier alpha value is -1.71. The number of rotatable bonds is 3. The highest BCUT2D eigenvalue weighted by molar-refractivity contribution is 8.00. The first kappa shape index (κ1) is 17.3. The topological polar surface area (TPSA) is 59.1 Å². The highest BCUT2D eigenvalue weighted by Gasteiger charge is 2.32. The van der Waals surface area contributed by atoms with Gasteiger partial charge in [-0.05, 0) is 13.0 Å². The van der Waals surface area contributed by atoms with Gasteiger partial charge in [0.25, 0.3) is 5.91 Å². The molecule has 0 bridgehead atoms. The van der Waals surface area contributed by atoms with Crippen molar-refractivity contribution in [2.75, 3.05) is 6.26 Å². The predicted octanol–water partition coefficient (Wildman–Crippen LogP) is 1.85. The molecule has 0 radical (unpaired) electrons. The van der Waals surface area contributed by atoms with Gasteiger partial charge in [0.05, 0.1) is 9.71 Å². The second-order valence-electron chi connectivity index (χ2n) is 4.10. The fourth-order valence-electron chi connectivity index (χ4n) is 1.31. The van der Waals surface area contributed by atoms with E-state index in [1.807, 2.05) is 0 Å². The zero-order chi connectivity index (χ0) is 16.4. The molecule has 0 spiro atoms. The number of carbonyl (C=O) groups is 1. The molecule has 0 saturated heterocycles. The van der Waals surface area contributed by atoms with Crippen LogP contribution in [-0.2, 0) is 20.7 Å². The van der Waals surface area contributed by atoms with Crippen LogP contribution in [0.1, 0.15) is 18.2 Å². The Morgan fingerprint density at radius 1 is 1.33 bits per heavy atom. The van der Waals surface area contributed by atoms with Gasteiger partial charge in [-0.2, -0.15) is 22.0 Å². The minimum Gasteiger partial charge on any atom is -0.278 e. The summed E-state index contributed by atoms with van der Waals surface area (Å²) in [7, 11) is -3.34. The lowest BCUT2D eigenvalue weighted by atomic mass is 10.2. The molecular weight excluding hydrogens is 319 g/mol. The number of amides is 1. The summed E-state index contributed by atoms with van der Waals surface area (Å²) in [5.74, 6) is -1.72. The second-order valence-corrected chi connectivity index (χ2v) is 6.60. The van der Waals surface area contributed by atoms with Crippen LogP contribution in [0, 0.1) is 0 Å². The molecule has 0 aliphatic heterocycles. The lowest BCUT2D eigenvalue weighted by molar-refractivity contribution is -0.141. The fraction of sp³-hybridized carbons (Fsp3) is 0.364. The zero-order valence-electron chi connectivity index (χ0n) is 10.9. The molecule has 1 atom stereocenters. The predicted molar refractivity (Wildman–Crippen MR) is 67.2 cm³/mol. The van der Waals surface area contributed by atoms with E-state index in [2.05, 4.69) is 4.98 Å². The van der Waals surface area contributed by atoms with Gasteiger partial charge in [0.15, 0.2) is 0 Å². The molecule has 10 heteroatoms. The highest BCUT2D eigenvalue weighted by atomic mass is 32.2. The van der Waals surface area contributed by atoms with Crippen molar-refractivity contribution in [2.45, 2.75) is 19.5 Å². The maximum atomic E-state index is 12.3. The summed E-state index contributed by atoms with van der Waals surface area (Å²) in [6.45, 7) is 1.25. The molecule has 1 heterocycles. The number of nitrogens with zero attached hydrogens (tertiary/aromatic N) is 1. The molecule has 1 amide bonds. The molecule has 1 unspecified atom stereocenters. The standard InChI is InChI=1S/C11H11F5N2O2S/c1-6(21(2,20)18-10(19)9(12)13)7-3-4-8(17-5-7)11(14,15)16/h3-5,9H,1-2H3,(H,18,19,20). The molecule has 1 aromatic heterocycles. The van der Waals surface area contributed by atoms with Gasteiger partial charge in [-0.1, -0.05) is 6.07 Å². The molecular formula is C11H11F5N2O2S. The van der Waals surface area contributed by atoms with Crippen LogP contribution in [0.15, 0.2) is 18.3 Å². The quantitative estimate of drug-likeness (QED) is 0.523. The van der Waals surface area contributed by atoms with Crippen LogP contribution in [0.2, 0.25) is 0 Å². The van der Waals surface area contributed by atoms with Crippen molar-refractivity contribution < 1.29 is 31.0 Å². The summed E-state index contributed by atoms with van der Waals surface area (Å²) in [4.78, 5) is 14.0. The summed E-state index contributed by atoms with van der Waals surface area (Å²) in [5.41, 5.74) is -1.09. The minimum absolute atomic E-state index is 0.0464. The lowest BCUT2D eigenvalue weighted by Gasteiger charge is -2.13. The Kier molecular flexibility index (Phi) is 4.92. The van der Waals surface area contributed by atoms with E-state index in [4.69, 9.17) is 0 Å². The molecule has 0 aromatic carbocycles. The average molecular weight is 330 g/mol. The highest BCUT2D eigenvalue weighted by Crippen LogP contribution is 2.27. The van der Waals surface area contributed by atoms with Gasteiger partial charge < -0.3 is 0 Å². The molecule has 118 valence electrons. The van der Waals surface area contributed by atoms with E-state index in [9.17, 15) is 31.0 Å². The van der Waals surface area contributed by atoms with Crippen molar-refractivity contribution in [3.63, 3.8) is 0 Å². The third-order valence-corrected chi connectivity index (χ3v) is 4.53. The van der Waals surface area contributed by atoms with Gasteiger partial charge in [0.2, 0.25) is 0 Å². The molecule has 0 fully saturated rings. The Morgan fingerprint density at radius 3 is 2.29 bits per heavy atom. The van der Waals surface area contributed by atoms with Crippen LogP contribution >= 0.6 is 0 Å². The number of carbonyl (C=O) groups excluding carboxylic acids is 1. The van der Waals surface area contributed by atoms with Crippen molar-refractivity contribution in [1.29, 1.82) is 0 Å². The van der Waals surface area contributed by atoms with Crippen LogP contribution in [0.5, 0.6) is 0 Å². The molecule has 1 aromatic rings. The van der Waals surface area contributed by atoms with Gasteiger partial charge in [-0.3, -0.25) is 14.5 Å². The third-order valence-electron chi connectivity index (χ3n) is 2.54. The maximum Gasteiger partial charge on any atom is 0.433 e. The van der Waals surface area contributed by atoms with Crippen molar-refractivity contribution in [3.8, 4) is 0 Å². The molecule has 0 aliphatic rings. The van der Waals surface area contributed by atoms with E-state index in [-0.39, 0.29) is 10.4 Å². The SMILES string of the molecule is CC(c1ccc(C(F)(F)F)nc1)=S(C)(=O)NC(=O)C(F)F. The van der Waals surface area contributed by atoms with Crippen LogP contribution in [0.3, 0.4) is 0 Å². The number of halogens is 5. The summed E-state index contributed by atoms with van der Waals surface area (Å²) in [6, 6.07) is 1.67. The fourth-order valence-corrected chi connectivity index (χ4v) is 2.50. The van der Waals surface area contributed by atoms with E-state index in [1.54, 1.807) is 4.72 Å². The Balaban J connectivity index is 3.17.